The molecule has 26 heavy (non-hydrogen) atoms. The smallest absolute Gasteiger partial charge is 0.124 e. The van der Waals surface area contributed by atoms with Gasteiger partial charge in [-0.2, -0.15) is 0 Å². The van der Waals surface area contributed by atoms with Gasteiger partial charge in [0.2, 0.25) is 0 Å². The first-order chi connectivity index (χ1) is 12.5. The van der Waals surface area contributed by atoms with Crippen molar-refractivity contribution in [3.63, 3.8) is 0 Å². The normalized spacial score (nSPS) is 15.1. The van der Waals surface area contributed by atoms with Crippen LogP contribution in [-0.2, 0) is 19.6 Å². The third-order valence-corrected chi connectivity index (χ3v) is 4.58. The number of rotatable bonds is 8. The summed E-state index contributed by atoms with van der Waals surface area (Å²) < 4.78 is 11.3. The summed E-state index contributed by atoms with van der Waals surface area (Å²) in [5.41, 5.74) is 3.85. The number of hydrogen-bond donors (Lipinski definition) is 1. The average molecular weight is 356 g/mol. The van der Waals surface area contributed by atoms with Gasteiger partial charge in [0.25, 0.3) is 0 Å². The van der Waals surface area contributed by atoms with Crippen LogP contribution in [0, 0.1) is 0 Å². The molecule has 1 aliphatic rings. The second-order valence-corrected chi connectivity index (χ2v) is 7.11. The van der Waals surface area contributed by atoms with Crippen molar-refractivity contribution in [2.24, 2.45) is 0 Å². The SMILES string of the molecule is COc1ccc(OCC(O)CN(C)C)c(CN2Cc3ccccc3C2)c1. The van der Waals surface area contributed by atoms with Gasteiger partial charge in [-0.15, -0.1) is 0 Å². The van der Waals surface area contributed by atoms with E-state index in [1.54, 1.807) is 7.11 Å². The standard InChI is InChI=1S/C21H28N2O3/c1-22(2)14-19(24)15-26-21-9-8-20(25-3)10-18(21)13-23-11-16-6-4-5-7-17(16)12-23/h4-10,19,24H,11-15H2,1-3H3. The third kappa shape index (κ3) is 4.75. The number of nitrogens with zero attached hydrogens (tertiary/aromatic N) is 2. The zero-order valence-electron chi connectivity index (χ0n) is 15.8. The molecule has 0 saturated heterocycles. The molecule has 1 N–H and O–H groups in total. The molecule has 1 aliphatic heterocycles. The Labute approximate surface area is 155 Å². The molecule has 2 aromatic carbocycles. The largest absolute Gasteiger partial charge is 0.497 e. The van der Waals surface area contributed by atoms with E-state index in [2.05, 4.69) is 29.2 Å². The van der Waals surface area contributed by atoms with Crippen LogP contribution in [0.15, 0.2) is 42.5 Å². The second-order valence-electron chi connectivity index (χ2n) is 7.11. The Morgan fingerprint density at radius 1 is 1.12 bits per heavy atom. The fraction of sp³-hybridized carbons (Fsp3) is 0.429. The highest BCUT2D eigenvalue weighted by Gasteiger charge is 2.20. The van der Waals surface area contributed by atoms with Crippen molar-refractivity contribution >= 4 is 0 Å². The summed E-state index contributed by atoms with van der Waals surface area (Å²) in [6, 6.07) is 14.4. The highest BCUT2D eigenvalue weighted by molar-refractivity contribution is 5.41. The van der Waals surface area contributed by atoms with E-state index in [4.69, 9.17) is 9.47 Å². The molecule has 0 bridgehead atoms. The molecular formula is C21H28N2O3. The van der Waals surface area contributed by atoms with Crippen molar-refractivity contribution in [1.29, 1.82) is 0 Å². The molecule has 5 nitrogen and oxygen atoms in total. The van der Waals surface area contributed by atoms with Crippen LogP contribution in [0.25, 0.3) is 0 Å². The van der Waals surface area contributed by atoms with Crippen LogP contribution in [-0.4, -0.2) is 55.4 Å². The summed E-state index contributed by atoms with van der Waals surface area (Å²) in [5.74, 6) is 1.62. The zero-order chi connectivity index (χ0) is 18.5. The Kier molecular flexibility index (Phi) is 6.14. The number of ether oxygens (including phenoxy) is 2. The van der Waals surface area contributed by atoms with Crippen LogP contribution in [0.5, 0.6) is 11.5 Å². The lowest BCUT2D eigenvalue weighted by Gasteiger charge is -2.21. The highest BCUT2D eigenvalue weighted by Crippen LogP contribution is 2.29. The molecule has 0 amide bonds. The van der Waals surface area contributed by atoms with Crippen molar-refractivity contribution in [1.82, 2.24) is 9.80 Å². The van der Waals surface area contributed by atoms with Gasteiger partial charge in [-0.25, -0.2) is 0 Å². The third-order valence-electron chi connectivity index (χ3n) is 4.58. The van der Waals surface area contributed by atoms with Gasteiger partial charge in [-0.05, 0) is 43.4 Å². The molecule has 2 aromatic rings. The summed E-state index contributed by atoms with van der Waals surface area (Å²) in [4.78, 5) is 4.34. The van der Waals surface area contributed by atoms with Gasteiger partial charge >= 0.3 is 0 Å². The minimum Gasteiger partial charge on any atom is -0.497 e. The molecule has 140 valence electrons. The number of aliphatic hydroxyl groups is 1. The number of hydrogen-bond acceptors (Lipinski definition) is 5. The Hall–Kier alpha value is -2.08. The maximum Gasteiger partial charge on any atom is 0.124 e. The van der Waals surface area contributed by atoms with Gasteiger partial charge in [0.15, 0.2) is 0 Å². The number of fused-ring (bicyclic) bond motifs is 1. The van der Waals surface area contributed by atoms with Crippen LogP contribution in [0.1, 0.15) is 16.7 Å². The Morgan fingerprint density at radius 2 is 1.81 bits per heavy atom. The zero-order valence-corrected chi connectivity index (χ0v) is 15.8. The van der Waals surface area contributed by atoms with Crippen molar-refractivity contribution in [3.8, 4) is 11.5 Å². The van der Waals surface area contributed by atoms with Gasteiger partial charge in [-0.1, -0.05) is 24.3 Å². The number of aliphatic hydroxyl groups excluding tert-OH is 1. The van der Waals surface area contributed by atoms with Gasteiger partial charge in [0, 0.05) is 31.7 Å². The first kappa shape index (κ1) is 18.7. The first-order valence-electron chi connectivity index (χ1n) is 8.97. The summed E-state index contributed by atoms with van der Waals surface area (Å²) >= 11 is 0. The van der Waals surface area contributed by atoms with E-state index in [0.29, 0.717) is 6.54 Å². The summed E-state index contributed by atoms with van der Waals surface area (Å²) in [7, 11) is 5.55. The number of benzene rings is 2. The van der Waals surface area contributed by atoms with E-state index in [-0.39, 0.29) is 6.61 Å². The van der Waals surface area contributed by atoms with E-state index in [0.717, 1.165) is 36.7 Å². The van der Waals surface area contributed by atoms with Gasteiger partial charge < -0.3 is 19.5 Å². The molecule has 0 aliphatic carbocycles. The lowest BCUT2D eigenvalue weighted by atomic mass is 10.1. The molecular weight excluding hydrogens is 328 g/mol. The van der Waals surface area contributed by atoms with E-state index in [1.807, 2.05) is 37.2 Å². The number of likely N-dealkylation sites (N-methyl/N-ethyl adjacent to an activating group) is 1. The molecule has 3 rings (SSSR count). The average Bonchev–Trinajstić information content (AvgIpc) is 3.02. The molecule has 0 fully saturated rings. The van der Waals surface area contributed by atoms with Gasteiger partial charge in [0.1, 0.15) is 24.2 Å². The second kappa shape index (κ2) is 8.54. The quantitative estimate of drug-likeness (QED) is 0.787. The molecule has 0 radical (unpaired) electrons. The summed E-state index contributed by atoms with van der Waals surface area (Å²) in [6.07, 6.45) is -0.518. The lowest BCUT2D eigenvalue weighted by molar-refractivity contribution is 0.0822. The maximum absolute atomic E-state index is 10.1. The van der Waals surface area contributed by atoms with Crippen LogP contribution in [0.4, 0.5) is 0 Å². The molecule has 0 spiro atoms. The summed E-state index contributed by atoms with van der Waals surface area (Å²) in [6.45, 7) is 3.52. The highest BCUT2D eigenvalue weighted by atomic mass is 16.5. The van der Waals surface area contributed by atoms with E-state index in [1.165, 1.54) is 11.1 Å². The lowest BCUT2D eigenvalue weighted by Crippen LogP contribution is -2.30. The number of methoxy groups -OCH3 is 1. The molecule has 0 saturated carbocycles. The van der Waals surface area contributed by atoms with E-state index < -0.39 is 6.10 Å². The van der Waals surface area contributed by atoms with Crippen molar-refractivity contribution in [2.45, 2.75) is 25.7 Å². The minimum atomic E-state index is -0.518. The minimum absolute atomic E-state index is 0.276. The Morgan fingerprint density at radius 3 is 2.42 bits per heavy atom. The fourth-order valence-electron chi connectivity index (χ4n) is 3.36. The molecule has 1 atom stereocenters. The van der Waals surface area contributed by atoms with E-state index in [9.17, 15) is 5.11 Å². The molecule has 1 unspecified atom stereocenters. The Bertz CT molecular complexity index is 708. The van der Waals surface area contributed by atoms with Crippen molar-refractivity contribution in [2.75, 3.05) is 34.4 Å². The van der Waals surface area contributed by atoms with E-state index >= 15 is 0 Å². The molecule has 5 heteroatoms. The predicted molar refractivity (Wildman–Crippen MR) is 102 cm³/mol. The first-order valence-corrected chi connectivity index (χ1v) is 8.97. The van der Waals surface area contributed by atoms with Crippen LogP contribution in [0.2, 0.25) is 0 Å². The van der Waals surface area contributed by atoms with Crippen LogP contribution < -0.4 is 9.47 Å². The topological polar surface area (TPSA) is 45.2 Å². The maximum atomic E-state index is 10.1. The van der Waals surface area contributed by atoms with Crippen molar-refractivity contribution in [3.05, 3.63) is 59.2 Å². The summed E-state index contributed by atoms with van der Waals surface area (Å²) in [5, 5.41) is 10.1. The fourth-order valence-corrected chi connectivity index (χ4v) is 3.36. The van der Waals surface area contributed by atoms with Gasteiger partial charge in [-0.3, -0.25) is 4.90 Å². The molecule has 1 heterocycles. The van der Waals surface area contributed by atoms with Crippen LogP contribution >= 0.6 is 0 Å². The van der Waals surface area contributed by atoms with Crippen molar-refractivity contribution < 1.29 is 14.6 Å². The monoisotopic (exact) mass is 356 g/mol. The van der Waals surface area contributed by atoms with Gasteiger partial charge in [0.05, 0.1) is 7.11 Å². The Balaban J connectivity index is 1.69. The molecule has 0 aromatic heterocycles. The predicted octanol–water partition coefficient (Wildman–Crippen LogP) is 2.51. The van der Waals surface area contributed by atoms with Crippen LogP contribution in [0.3, 0.4) is 0 Å².